The number of hydrogen-bond donors (Lipinski definition) is 3. The lowest BCUT2D eigenvalue weighted by Crippen LogP contribution is -2.17. The van der Waals surface area contributed by atoms with E-state index in [2.05, 4.69) is 5.32 Å². The van der Waals surface area contributed by atoms with Gasteiger partial charge in [-0.05, 0) is 30.7 Å². The summed E-state index contributed by atoms with van der Waals surface area (Å²) in [5.41, 5.74) is 4.48. The number of benzene rings is 2. The summed E-state index contributed by atoms with van der Waals surface area (Å²) in [6.07, 6.45) is 0. The molecular formula is C14H14N2O2. The van der Waals surface area contributed by atoms with E-state index < -0.39 is 0 Å². The van der Waals surface area contributed by atoms with Gasteiger partial charge in [0.2, 0.25) is 0 Å². The highest BCUT2D eigenvalue weighted by Gasteiger charge is 2.21. The molecule has 0 aromatic heterocycles. The third kappa shape index (κ3) is 1.46. The largest absolute Gasteiger partial charge is 0.508 e. The van der Waals surface area contributed by atoms with E-state index in [4.69, 9.17) is 0 Å². The molecule has 4 heteroatoms. The fourth-order valence-electron chi connectivity index (χ4n) is 2.24. The summed E-state index contributed by atoms with van der Waals surface area (Å²) in [6.45, 7) is 1.86. The summed E-state index contributed by atoms with van der Waals surface area (Å²) >= 11 is 0. The van der Waals surface area contributed by atoms with Crippen LogP contribution < -0.4 is 10.2 Å². The highest BCUT2D eigenvalue weighted by atomic mass is 16.3. The summed E-state index contributed by atoms with van der Waals surface area (Å²) in [5, 5.41) is 22.6. The summed E-state index contributed by atoms with van der Waals surface area (Å²) in [5.74, 6) is 0.494. The zero-order chi connectivity index (χ0) is 12.9. The van der Waals surface area contributed by atoms with E-state index in [-0.39, 0.29) is 11.5 Å². The minimum atomic E-state index is 0.224. The van der Waals surface area contributed by atoms with Crippen molar-refractivity contribution in [2.45, 2.75) is 6.92 Å². The predicted octanol–water partition coefficient (Wildman–Crippen LogP) is 3.23. The lowest BCUT2D eigenvalue weighted by molar-refractivity contribution is 0.471. The standard InChI is InChI=1S/C14H14N2O2/c1-8-5-11-13(7-14(8)18)16(2)12-6-9(17)3-4-10(12)15-11/h3-7,15,17-18H,1-2H3. The number of aromatic hydroxyl groups is 2. The number of rotatable bonds is 0. The van der Waals surface area contributed by atoms with Gasteiger partial charge in [0.25, 0.3) is 0 Å². The SMILES string of the molecule is Cc1cc2c(cc1O)N(C)c1cc(O)ccc1N2. The van der Waals surface area contributed by atoms with Gasteiger partial charge in [-0.15, -0.1) is 0 Å². The average molecular weight is 242 g/mol. The first-order chi connectivity index (χ1) is 8.56. The van der Waals surface area contributed by atoms with Crippen molar-refractivity contribution in [3.8, 4) is 11.5 Å². The monoisotopic (exact) mass is 242 g/mol. The first-order valence-corrected chi connectivity index (χ1v) is 5.73. The third-order valence-electron chi connectivity index (χ3n) is 3.29. The first-order valence-electron chi connectivity index (χ1n) is 5.73. The average Bonchev–Trinajstić information content (AvgIpc) is 2.33. The first kappa shape index (κ1) is 10.8. The molecule has 0 atom stereocenters. The second kappa shape index (κ2) is 3.57. The van der Waals surface area contributed by atoms with Crippen molar-refractivity contribution < 1.29 is 10.2 Å². The van der Waals surface area contributed by atoms with Gasteiger partial charge in [-0.2, -0.15) is 0 Å². The van der Waals surface area contributed by atoms with Gasteiger partial charge in [-0.1, -0.05) is 0 Å². The Morgan fingerprint density at radius 2 is 1.72 bits per heavy atom. The Bertz CT molecular complexity index is 638. The van der Waals surface area contributed by atoms with Crippen LogP contribution in [-0.4, -0.2) is 17.3 Å². The van der Waals surface area contributed by atoms with E-state index in [9.17, 15) is 10.2 Å². The Balaban J connectivity index is 2.19. The smallest absolute Gasteiger partial charge is 0.120 e. The van der Waals surface area contributed by atoms with Crippen LogP contribution in [0.1, 0.15) is 5.56 Å². The molecule has 0 radical (unpaired) electrons. The molecule has 2 aromatic rings. The predicted molar refractivity (Wildman–Crippen MR) is 72.3 cm³/mol. The number of aryl methyl sites for hydroxylation is 1. The fraction of sp³-hybridized carbons (Fsp3) is 0.143. The molecule has 0 saturated heterocycles. The Labute approximate surface area is 105 Å². The van der Waals surface area contributed by atoms with E-state index in [1.807, 2.05) is 31.0 Å². The van der Waals surface area contributed by atoms with Gasteiger partial charge in [-0.3, -0.25) is 0 Å². The molecule has 0 fully saturated rings. The van der Waals surface area contributed by atoms with Crippen LogP contribution >= 0.6 is 0 Å². The normalized spacial score (nSPS) is 12.7. The quantitative estimate of drug-likeness (QED) is 0.621. The molecule has 1 aliphatic rings. The Morgan fingerprint density at radius 1 is 1.00 bits per heavy atom. The van der Waals surface area contributed by atoms with Crippen LogP contribution in [0.3, 0.4) is 0 Å². The molecule has 1 aliphatic heterocycles. The Hall–Kier alpha value is -2.36. The molecule has 0 aliphatic carbocycles. The van der Waals surface area contributed by atoms with Crippen molar-refractivity contribution >= 4 is 22.7 Å². The maximum absolute atomic E-state index is 9.79. The highest BCUT2D eigenvalue weighted by Crippen LogP contribution is 2.45. The second-order valence-electron chi connectivity index (χ2n) is 4.54. The highest BCUT2D eigenvalue weighted by molar-refractivity contribution is 5.92. The van der Waals surface area contributed by atoms with Gasteiger partial charge in [0.15, 0.2) is 0 Å². The number of fused-ring (bicyclic) bond motifs is 2. The topological polar surface area (TPSA) is 55.7 Å². The minimum absolute atomic E-state index is 0.224. The molecule has 3 N–H and O–H groups in total. The number of phenols is 2. The van der Waals surface area contributed by atoms with E-state index in [0.29, 0.717) is 0 Å². The molecule has 92 valence electrons. The Kier molecular flexibility index (Phi) is 2.13. The zero-order valence-corrected chi connectivity index (χ0v) is 10.2. The Morgan fingerprint density at radius 3 is 2.50 bits per heavy atom. The molecular weight excluding hydrogens is 228 g/mol. The molecule has 0 unspecified atom stereocenters. The molecule has 18 heavy (non-hydrogen) atoms. The van der Waals surface area contributed by atoms with Gasteiger partial charge >= 0.3 is 0 Å². The van der Waals surface area contributed by atoms with Crippen LogP contribution in [0.4, 0.5) is 22.7 Å². The molecule has 0 spiro atoms. The number of nitrogens with zero attached hydrogens (tertiary/aromatic N) is 1. The summed E-state index contributed by atoms with van der Waals surface area (Å²) < 4.78 is 0. The third-order valence-corrected chi connectivity index (χ3v) is 3.29. The van der Waals surface area contributed by atoms with E-state index in [1.54, 1.807) is 18.2 Å². The molecule has 0 amide bonds. The van der Waals surface area contributed by atoms with Gasteiger partial charge in [0.05, 0.1) is 22.7 Å². The van der Waals surface area contributed by atoms with Gasteiger partial charge in [0.1, 0.15) is 11.5 Å². The van der Waals surface area contributed by atoms with Crippen LogP contribution in [0.2, 0.25) is 0 Å². The van der Waals surface area contributed by atoms with Crippen molar-refractivity contribution in [1.82, 2.24) is 0 Å². The van der Waals surface area contributed by atoms with Crippen LogP contribution in [0.15, 0.2) is 30.3 Å². The van der Waals surface area contributed by atoms with E-state index in [1.165, 1.54) is 0 Å². The molecule has 4 nitrogen and oxygen atoms in total. The summed E-state index contributed by atoms with van der Waals surface area (Å²) in [4.78, 5) is 1.94. The van der Waals surface area contributed by atoms with Crippen LogP contribution in [0, 0.1) is 6.92 Å². The zero-order valence-electron chi connectivity index (χ0n) is 10.2. The molecule has 1 heterocycles. The summed E-state index contributed by atoms with van der Waals surface area (Å²) in [7, 11) is 1.91. The lowest BCUT2D eigenvalue weighted by Gasteiger charge is -2.31. The van der Waals surface area contributed by atoms with Crippen LogP contribution in [0.25, 0.3) is 0 Å². The molecule has 0 saturated carbocycles. The van der Waals surface area contributed by atoms with Crippen molar-refractivity contribution in [2.75, 3.05) is 17.3 Å². The van der Waals surface area contributed by atoms with E-state index >= 15 is 0 Å². The number of hydrogen-bond acceptors (Lipinski definition) is 4. The molecule has 0 bridgehead atoms. The number of phenolic OH excluding ortho intramolecular Hbond substituents is 2. The van der Waals surface area contributed by atoms with Crippen molar-refractivity contribution in [2.24, 2.45) is 0 Å². The van der Waals surface area contributed by atoms with Crippen LogP contribution in [0.5, 0.6) is 11.5 Å². The second-order valence-corrected chi connectivity index (χ2v) is 4.54. The van der Waals surface area contributed by atoms with Crippen molar-refractivity contribution in [3.05, 3.63) is 35.9 Å². The van der Waals surface area contributed by atoms with Crippen molar-refractivity contribution in [1.29, 1.82) is 0 Å². The summed E-state index contributed by atoms with van der Waals surface area (Å²) in [6, 6.07) is 8.83. The van der Waals surface area contributed by atoms with Crippen LogP contribution in [-0.2, 0) is 0 Å². The fourth-order valence-corrected chi connectivity index (χ4v) is 2.24. The lowest BCUT2D eigenvalue weighted by atomic mass is 10.1. The maximum atomic E-state index is 9.79. The number of anilines is 4. The molecule has 3 rings (SSSR count). The molecule has 2 aromatic carbocycles. The van der Waals surface area contributed by atoms with Crippen molar-refractivity contribution in [3.63, 3.8) is 0 Å². The van der Waals surface area contributed by atoms with Gasteiger partial charge in [-0.25, -0.2) is 0 Å². The van der Waals surface area contributed by atoms with Gasteiger partial charge < -0.3 is 20.4 Å². The van der Waals surface area contributed by atoms with Gasteiger partial charge in [0, 0.05) is 19.2 Å². The maximum Gasteiger partial charge on any atom is 0.120 e. The van der Waals surface area contributed by atoms with E-state index in [0.717, 1.165) is 28.3 Å². The number of nitrogens with one attached hydrogen (secondary N) is 1. The minimum Gasteiger partial charge on any atom is -0.508 e.